The third-order valence-electron chi connectivity index (χ3n) is 7.14. The predicted octanol–water partition coefficient (Wildman–Crippen LogP) is 4.15. The van der Waals surface area contributed by atoms with E-state index in [1.54, 1.807) is 4.57 Å². The Morgan fingerprint density at radius 1 is 1.08 bits per heavy atom. The summed E-state index contributed by atoms with van der Waals surface area (Å²) in [7, 11) is 0. The average Bonchev–Trinajstić information content (AvgIpc) is 3.48. The van der Waals surface area contributed by atoms with Gasteiger partial charge in [-0.3, -0.25) is 14.1 Å². The van der Waals surface area contributed by atoms with Crippen molar-refractivity contribution in [1.82, 2.24) is 34.7 Å². The van der Waals surface area contributed by atoms with Crippen molar-refractivity contribution in [2.24, 2.45) is 0 Å². The van der Waals surface area contributed by atoms with Gasteiger partial charge in [-0.05, 0) is 47.7 Å². The van der Waals surface area contributed by atoms with Crippen LogP contribution in [0.2, 0.25) is 0 Å². The molecule has 4 aromatic rings. The molecule has 0 aliphatic heterocycles. The molecule has 0 bridgehead atoms. The summed E-state index contributed by atoms with van der Waals surface area (Å²) >= 11 is 0. The first-order chi connectivity index (χ1) is 17.7. The zero-order chi connectivity index (χ0) is 24.9. The van der Waals surface area contributed by atoms with Crippen molar-refractivity contribution in [2.75, 3.05) is 0 Å². The molecule has 0 amide bonds. The highest BCUT2D eigenvalue weighted by atomic mass is 16.3. The van der Waals surface area contributed by atoms with Gasteiger partial charge < -0.3 is 5.11 Å². The summed E-state index contributed by atoms with van der Waals surface area (Å²) in [6.07, 6.45) is 11.0. The number of aromatic amines is 1. The fraction of sp³-hybridized carbons (Fsp3) is 0.444. The summed E-state index contributed by atoms with van der Waals surface area (Å²) in [6.45, 7) is 2.61. The van der Waals surface area contributed by atoms with Gasteiger partial charge in [0.05, 0.1) is 24.4 Å². The van der Waals surface area contributed by atoms with Gasteiger partial charge in [-0.25, -0.2) is 9.89 Å². The zero-order valence-electron chi connectivity index (χ0n) is 20.7. The standard InChI is InChI=1S/C27H33N7O2/c1-2-3-9-20-18-34(24-12-5-4-6-13-25(24)35)27(36)33(20)17-19-14-15-23(28-16-19)21-10-7-8-11-22(21)26-29-31-32-30-26/h7-8,10-11,14-16,18,24-25,35H,2-6,9,12-13,17H2,1H3,(H,29,30,31,32). The molecule has 188 valence electrons. The van der Waals surface area contributed by atoms with Crippen LogP contribution in [-0.2, 0) is 13.0 Å². The molecule has 1 saturated carbocycles. The lowest BCUT2D eigenvalue weighted by Crippen LogP contribution is -2.33. The number of tetrazole rings is 1. The number of aryl methyl sites for hydroxylation is 1. The Kier molecular flexibility index (Phi) is 7.36. The molecule has 2 atom stereocenters. The Hall–Kier alpha value is -3.59. The van der Waals surface area contributed by atoms with Gasteiger partial charge in [0, 0.05) is 29.2 Å². The smallest absolute Gasteiger partial charge is 0.329 e. The maximum Gasteiger partial charge on any atom is 0.329 e. The lowest BCUT2D eigenvalue weighted by atomic mass is 10.0. The number of hydrogen-bond donors (Lipinski definition) is 2. The van der Waals surface area contributed by atoms with Crippen LogP contribution < -0.4 is 5.69 Å². The van der Waals surface area contributed by atoms with Crippen molar-refractivity contribution in [3.8, 4) is 22.6 Å². The Morgan fingerprint density at radius 3 is 2.67 bits per heavy atom. The van der Waals surface area contributed by atoms with E-state index in [0.29, 0.717) is 12.4 Å². The number of benzene rings is 1. The third-order valence-corrected chi connectivity index (χ3v) is 7.14. The number of nitrogens with one attached hydrogen (secondary N) is 1. The number of nitrogens with zero attached hydrogens (tertiary/aromatic N) is 6. The molecule has 1 aliphatic carbocycles. The largest absolute Gasteiger partial charge is 0.391 e. The number of aromatic nitrogens is 7. The first-order valence-electron chi connectivity index (χ1n) is 12.9. The van der Waals surface area contributed by atoms with E-state index in [1.165, 1.54) is 0 Å². The molecule has 3 heterocycles. The van der Waals surface area contributed by atoms with Crippen molar-refractivity contribution in [2.45, 2.75) is 77.0 Å². The second-order valence-corrected chi connectivity index (χ2v) is 9.62. The van der Waals surface area contributed by atoms with Gasteiger partial charge in [-0.15, -0.1) is 5.10 Å². The number of unbranched alkanes of at least 4 members (excludes halogenated alkanes) is 1. The number of pyridine rings is 1. The molecule has 0 radical (unpaired) electrons. The first kappa shape index (κ1) is 24.1. The summed E-state index contributed by atoms with van der Waals surface area (Å²) < 4.78 is 3.66. The van der Waals surface area contributed by atoms with Gasteiger partial charge in [0.2, 0.25) is 0 Å². The summed E-state index contributed by atoms with van der Waals surface area (Å²) in [6, 6.07) is 11.7. The maximum atomic E-state index is 13.6. The van der Waals surface area contributed by atoms with Gasteiger partial charge in [-0.1, -0.05) is 62.9 Å². The van der Waals surface area contributed by atoms with E-state index in [2.05, 4.69) is 27.5 Å². The van der Waals surface area contributed by atoms with E-state index in [9.17, 15) is 9.90 Å². The van der Waals surface area contributed by atoms with E-state index in [4.69, 9.17) is 4.98 Å². The number of aliphatic hydroxyl groups excluding tert-OH is 1. The SMILES string of the molecule is CCCCc1cn(C2CCCCCC2O)c(=O)n1Cc1ccc(-c2ccccc2-c2nnn[nH]2)nc1. The summed E-state index contributed by atoms with van der Waals surface area (Å²) in [5.74, 6) is 0.589. The second kappa shape index (κ2) is 11.0. The molecule has 1 aliphatic rings. The van der Waals surface area contributed by atoms with E-state index in [0.717, 1.165) is 79.4 Å². The molecule has 36 heavy (non-hydrogen) atoms. The molecular formula is C27H33N7O2. The molecular weight excluding hydrogens is 454 g/mol. The van der Waals surface area contributed by atoms with Crippen LogP contribution in [0.25, 0.3) is 22.6 Å². The molecule has 9 heteroatoms. The van der Waals surface area contributed by atoms with E-state index in [1.807, 2.05) is 53.4 Å². The number of aliphatic hydroxyl groups is 1. The summed E-state index contributed by atoms with van der Waals surface area (Å²) in [5, 5.41) is 25.0. The minimum absolute atomic E-state index is 0.0423. The average molecular weight is 488 g/mol. The molecule has 1 fully saturated rings. The molecule has 2 N–H and O–H groups in total. The Bertz CT molecular complexity index is 1330. The molecule has 5 rings (SSSR count). The van der Waals surface area contributed by atoms with Crippen molar-refractivity contribution < 1.29 is 5.11 Å². The fourth-order valence-electron chi connectivity index (χ4n) is 5.15. The van der Waals surface area contributed by atoms with Crippen LogP contribution in [0.15, 0.2) is 53.6 Å². The van der Waals surface area contributed by atoms with E-state index in [-0.39, 0.29) is 11.7 Å². The van der Waals surface area contributed by atoms with Gasteiger partial charge in [0.15, 0.2) is 5.82 Å². The van der Waals surface area contributed by atoms with Gasteiger partial charge in [0.1, 0.15) is 0 Å². The highest BCUT2D eigenvalue weighted by Crippen LogP contribution is 2.29. The Morgan fingerprint density at radius 2 is 1.92 bits per heavy atom. The fourth-order valence-corrected chi connectivity index (χ4v) is 5.15. The monoisotopic (exact) mass is 487 g/mol. The van der Waals surface area contributed by atoms with Crippen molar-refractivity contribution in [3.05, 3.63) is 70.5 Å². The number of H-pyrrole nitrogens is 1. The van der Waals surface area contributed by atoms with Crippen LogP contribution in [0.4, 0.5) is 0 Å². The van der Waals surface area contributed by atoms with E-state index >= 15 is 0 Å². The van der Waals surface area contributed by atoms with Crippen LogP contribution in [0.1, 0.15) is 69.2 Å². The molecule has 9 nitrogen and oxygen atoms in total. The van der Waals surface area contributed by atoms with Crippen LogP contribution in [-0.4, -0.2) is 46.0 Å². The molecule has 1 aromatic carbocycles. The third kappa shape index (κ3) is 5.02. The van der Waals surface area contributed by atoms with Crippen LogP contribution in [0.3, 0.4) is 0 Å². The van der Waals surface area contributed by atoms with Crippen molar-refractivity contribution in [3.63, 3.8) is 0 Å². The minimum Gasteiger partial charge on any atom is -0.391 e. The highest BCUT2D eigenvalue weighted by molar-refractivity contribution is 5.78. The van der Waals surface area contributed by atoms with Gasteiger partial charge in [0.25, 0.3) is 0 Å². The number of hydrogen-bond acceptors (Lipinski definition) is 6. The van der Waals surface area contributed by atoms with Crippen LogP contribution in [0, 0.1) is 0 Å². The molecule has 0 saturated heterocycles. The van der Waals surface area contributed by atoms with Crippen LogP contribution in [0.5, 0.6) is 0 Å². The summed E-state index contributed by atoms with van der Waals surface area (Å²) in [4.78, 5) is 18.3. The van der Waals surface area contributed by atoms with Gasteiger partial charge in [-0.2, -0.15) is 0 Å². The van der Waals surface area contributed by atoms with Crippen molar-refractivity contribution in [1.29, 1.82) is 0 Å². The molecule has 2 unspecified atom stereocenters. The maximum absolute atomic E-state index is 13.6. The lowest BCUT2D eigenvalue weighted by Gasteiger charge is -2.20. The number of imidazole rings is 1. The summed E-state index contributed by atoms with van der Waals surface area (Å²) in [5.41, 5.74) is 4.54. The Labute approximate surface area is 210 Å². The van der Waals surface area contributed by atoms with Gasteiger partial charge >= 0.3 is 5.69 Å². The second-order valence-electron chi connectivity index (χ2n) is 9.62. The molecule has 3 aromatic heterocycles. The first-order valence-corrected chi connectivity index (χ1v) is 12.9. The quantitative estimate of drug-likeness (QED) is 0.361. The molecule has 0 spiro atoms. The topological polar surface area (TPSA) is 115 Å². The zero-order valence-corrected chi connectivity index (χ0v) is 20.7. The van der Waals surface area contributed by atoms with Crippen molar-refractivity contribution >= 4 is 0 Å². The van der Waals surface area contributed by atoms with E-state index < -0.39 is 6.10 Å². The predicted molar refractivity (Wildman–Crippen MR) is 137 cm³/mol. The Balaban J connectivity index is 1.43. The number of rotatable bonds is 8. The lowest BCUT2D eigenvalue weighted by molar-refractivity contribution is 0.103. The minimum atomic E-state index is -0.472. The van der Waals surface area contributed by atoms with Crippen LogP contribution >= 0.6 is 0 Å². The normalized spacial score (nSPS) is 18.3. The highest BCUT2D eigenvalue weighted by Gasteiger charge is 2.26.